The van der Waals surface area contributed by atoms with Crippen molar-refractivity contribution in [3.63, 3.8) is 0 Å². The molecule has 0 amide bonds. The SMILES string of the molecule is CC.CCN(CC)/C(C1=Nc2ccc(F)cc2CC1)=C(/N)C1CCNCC1. The third-order valence-corrected chi connectivity index (χ3v) is 5.33. The summed E-state index contributed by atoms with van der Waals surface area (Å²) in [6.07, 6.45) is 3.78. The third-order valence-electron chi connectivity index (χ3n) is 5.33. The molecule has 0 radical (unpaired) electrons. The van der Waals surface area contributed by atoms with E-state index in [1.165, 1.54) is 6.07 Å². The van der Waals surface area contributed by atoms with Crippen molar-refractivity contribution in [3.8, 4) is 0 Å². The number of hydrogen-bond donors (Lipinski definition) is 2. The molecule has 2 aliphatic heterocycles. The standard InChI is InChI=1S/C20H29FN4.C2H6/c1-3-25(4-2)20(19(22)14-9-11-23-12-10-14)18-7-5-15-13-16(21)6-8-17(15)24-18;1-2/h6,8,13-14,23H,3-5,7,9-12,22H2,1-2H3;1-2H3/b20-19+;. The van der Waals surface area contributed by atoms with Crippen molar-refractivity contribution in [1.29, 1.82) is 0 Å². The Labute approximate surface area is 163 Å². The molecule has 1 aromatic rings. The first-order valence-corrected chi connectivity index (χ1v) is 10.5. The zero-order valence-corrected chi connectivity index (χ0v) is 17.3. The van der Waals surface area contributed by atoms with Gasteiger partial charge in [-0.3, -0.25) is 4.99 Å². The number of allylic oxidation sites excluding steroid dienone is 2. The first-order valence-electron chi connectivity index (χ1n) is 10.5. The molecule has 4 nitrogen and oxygen atoms in total. The second-order valence-electron chi connectivity index (χ2n) is 6.83. The predicted octanol–water partition coefficient (Wildman–Crippen LogP) is 4.38. The van der Waals surface area contributed by atoms with E-state index in [9.17, 15) is 4.39 Å². The van der Waals surface area contributed by atoms with Crippen LogP contribution in [0.15, 0.2) is 34.6 Å². The van der Waals surface area contributed by atoms with Gasteiger partial charge in [0.05, 0.1) is 17.1 Å². The molecule has 0 atom stereocenters. The van der Waals surface area contributed by atoms with Crippen LogP contribution in [0.3, 0.4) is 0 Å². The molecule has 0 spiro atoms. The zero-order valence-electron chi connectivity index (χ0n) is 17.3. The third kappa shape index (κ3) is 5.10. The van der Waals surface area contributed by atoms with E-state index >= 15 is 0 Å². The number of rotatable bonds is 5. The molecule has 1 saturated heterocycles. The Balaban J connectivity index is 0.00000126. The first-order chi connectivity index (χ1) is 13.1. The summed E-state index contributed by atoms with van der Waals surface area (Å²) in [5.74, 6) is 0.222. The molecule has 0 bridgehead atoms. The smallest absolute Gasteiger partial charge is 0.123 e. The fraction of sp³-hybridized carbons (Fsp3) is 0.591. The van der Waals surface area contributed by atoms with E-state index in [1.807, 2.05) is 13.8 Å². The van der Waals surface area contributed by atoms with E-state index in [1.54, 1.807) is 12.1 Å². The van der Waals surface area contributed by atoms with Crippen LogP contribution in [0.1, 0.15) is 52.5 Å². The summed E-state index contributed by atoms with van der Waals surface area (Å²) in [6.45, 7) is 12.2. The Kier molecular flexibility index (Phi) is 8.29. The van der Waals surface area contributed by atoms with Crippen molar-refractivity contribution in [3.05, 3.63) is 41.0 Å². The summed E-state index contributed by atoms with van der Waals surface area (Å²) in [5, 5.41) is 3.41. The molecular weight excluding hydrogens is 339 g/mol. The largest absolute Gasteiger partial charge is 0.400 e. The Morgan fingerprint density at radius 3 is 2.48 bits per heavy atom. The predicted molar refractivity (Wildman–Crippen MR) is 113 cm³/mol. The second kappa shape index (κ2) is 10.5. The fourth-order valence-electron chi connectivity index (χ4n) is 3.89. The van der Waals surface area contributed by atoms with Crippen LogP contribution >= 0.6 is 0 Å². The van der Waals surface area contributed by atoms with Gasteiger partial charge < -0.3 is 16.0 Å². The van der Waals surface area contributed by atoms with Crippen LogP contribution in [-0.4, -0.2) is 36.8 Å². The van der Waals surface area contributed by atoms with Crippen molar-refractivity contribution in [1.82, 2.24) is 10.2 Å². The van der Waals surface area contributed by atoms with Gasteiger partial charge in [0.2, 0.25) is 0 Å². The summed E-state index contributed by atoms with van der Waals surface area (Å²) in [6, 6.07) is 4.87. The number of nitrogens with two attached hydrogens (primary N) is 1. The van der Waals surface area contributed by atoms with Gasteiger partial charge in [0.15, 0.2) is 0 Å². The number of fused-ring (bicyclic) bond motifs is 1. The lowest BCUT2D eigenvalue weighted by Gasteiger charge is -2.32. The highest BCUT2D eigenvalue weighted by Crippen LogP contribution is 2.31. The van der Waals surface area contributed by atoms with E-state index in [2.05, 4.69) is 24.1 Å². The Hall–Kier alpha value is -1.88. The van der Waals surface area contributed by atoms with Crippen LogP contribution < -0.4 is 11.1 Å². The van der Waals surface area contributed by atoms with Crippen LogP contribution in [-0.2, 0) is 6.42 Å². The fourth-order valence-corrected chi connectivity index (χ4v) is 3.89. The van der Waals surface area contributed by atoms with Gasteiger partial charge in [-0.25, -0.2) is 4.39 Å². The minimum atomic E-state index is -0.189. The topological polar surface area (TPSA) is 53.6 Å². The lowest BCUT2D eigenvalue weighted by atomic mass is 9.90. The normalized spacial score (nSPS) is 17.9. The van der Waals surface area contributed by atoms with E-state index in [-0.39, 0.29) is 5.82 Å². The van der Waals surface area contributed by atoms with Crippen molar-refractivity contribution < 1.29 is 4.39 Å². The average molecular weight is 375 g/mol. The van der Waals surface area contributed by atoms with Gasteiger partial charge in [0.1, 0.15) is 5.82 Å². The Morgan fingerprint density at radius 2 is 1.85 bits per heavy atom. The second-order valence-corrected chi connectivity index (χ2v) is 6.83. The molecule has 2 aliphatic rings. The molecule has 1 fully saturated rings. The number of halogens is 1. The molecule has 150 valence electrons. The monoisotopic (exact) mass is 374 g/mol. The van der Waals surface area contributed by atoms with Gasteiger partial charge in [-0.05, 0) is 76.4 Å². The first kappa shape index (κ1) is 21.4. The maximum Gasteiger partial charge on any atom is 0.123 e. The summed E-state index contributed by atoms with van der Waals surface area (Å²) in [4.78, 5) is 7.20. The maximum absolute atomic E-state index is 13.5. The number of piperidine rings is 1. The van der Waals surface area contributed by atoms with E-state index in [4.69, 9.17) is 10.7 Å². The molecule has 3 N–H and O–H groups in total. The van der Waals surface area contributed by atoms with Crippen molar-refractivity contribution in [2.75, 3.05) is 26.2 Å². The highest BCUT2D eigenvalue weighted by molar-refractivity contribution is 6.03. The Morgan fingerprint density at radius 1 is 1.19 bits per heavy atom. The molecule has 0 saturated carbocycles. The molecule has 2 heterocycles. The van der Waals surface area contributed by atoms with E-state index in [0.29, 0.717) is 5.92 Å². The summed E-state index contributed by atoms with van der Waals surface area (Å²) < 4.78 is 13.5. The lowest BCUT2D eigenvalue weighted by molar-refractivity contribution is 0.368. The number of aliphatic imine (C=N–C) groups is 1. The number of hydrogen-bond acceptors (Lipinski definition) is 4. The number of nitrogens with zero attached hydrogens (tertiary/aromatic N) is 2. The molecule has 0 aromatic heterocycles. The van der Waals surface area contributed by atoms with Gasteiger partial charge in [-0.15, -0.1) is 0 Å². The molecule has 27 heavy (non-hydrogen) atoms. The Bertz CT molecular complexity index is 671. The zero-order chi connectivity index (χ0) is 19.8. The van der Waals surface area contributed by atoms with Crippen LogP contribution in [0.2, 0.25) is 0 Å². The van der Waals surface area contributed by atoms with Gasteiger partial charge in [0, 0.05) is 24.7 Å². The molecule has 0 aliphatic carbocycles. The molecule has 1 aromatic carbocycles. The van der Waals surface area contributed by atoms with Gasteiger partial charge in [-0.2, -0.15) is 0 Å². The summed E-state index contributed by atoms with van der Waals surface area (Å²) >= 11 is 0. The summed E-state index contributed by atoms with van der Waals surface area (Å²) in [7, 11) is 0. The van der Waals surface area contributed by atoms with E-state index in [0.717, 1.165) is 80.2 Å². The highest BCUT2D eigenvalue weighted by Gasteiger charge is 2.26. The van der Waals surface area contributed by atoms with Crippen LogP contribution in [0, 0.1) is 11.7 Å². The number of aryl methyl sites for hydroxylation is 1. The quantitative estimate of drug-likeness (QED) is 0.804. The lowest BCUT2D eigenvalue weighted by Crippen LogP contribution is -2.36. The van der Waals surface area contributed by atoms with Crippen LogP contribution in [0.25, 0.3) is 0 Å². The highest BCUT2D eigenvalue weighted by atomic mass is 19.1. The minimum Gasteiger partial charge on any atom is -0.400 e. The van der Waals surface area contributed by atoms with Gasteiger partial charge in [0.25, 0.3) is 0 Å². The van der Waals surface area contributed by atoms with Crippen molar-refractivity contribution >= 4 is 11.4 Å². The minimum absolute atomic E-state index is 0.189. The van der Waals surface area contributed by atoms with Crippen molar-refractivity contribution in [2.24, 2.45) is 16.6 Å². The van der Waals surface area contributed by atoms with Crippen LogP contribution in [0.5, 0.6) is 0 Å². The molecule has 5 heteroatoms. The van der Waals surface area contributed by atoms with Gasteiger partial charge in [-0.1, -0.05) is 13.8 Å². The molecule has 3 rings (SSSR count). The van der Waals surface area contributed by atoms with E-state index < -0.39 is 0 Å². The van der Waals surface area contributed by atoms with Crippen LogP contribution in [0.4, 0.5) is 10.1 Å². The maximum atomic E-state index is 13.5. The number of benzene rings is 1. The summed E-state index contributed by atoms with van der Waals surface area (Å²) in [5.41, 5.74) is 11.7. The van der Waals surface area contributed by atoms with Gasteiger partial charge >= 0.3 is 0 Å². The molecule has 0 unspecified atom stereocenters. The van der Waals surface area contributed by atoms with Crippen molar-refractivity contribution in [2.45, 2.75) is 53.4 Å². The molecular formula is C22H35FN4. The average Bonchev–Trinajstić information content (AvgIpc) is 2.73. The number of nitrogens with one attached hydrogen (secondary N) is 1.